The molecule has 0 spiro atoms. The Morgan fingerprint density at radius 3 is 2.56 bits per heavy atom. The van der Waals surface area contributed by atoms with Crippen molar-refractivity contribution >= 4 is 23.4 Å². The van der Waals surface area contributed by atoms with Crippen molar-refractivity contribution in [3.8, 4) is 0 Å². The van der Waals surface area contributed by atoms with Crippen LogP contribution < -0.4 is 11.1 Å². The highest BCUT2D eigenvalue weighted by Gasteiger charge is 2.19. The molecular formula is C20H25N3OS. The van der Waals surface area contributed by atoms with Gasteiger partial charge in [-0.3, -0.25) is 9.69 Å². The van der Waals surface area contributed by atoms with E-state index in [1.165, 1.54) is 5.56 Å². The van der Waals surface area contributed by atoms with E-state index in [-0.39, 0.29) is 5.91 Å². The van der Waals surface area contributed by atoms with Gasteiger partial charge in [-0.05, 0) is 42.9 Å². The Morgan fingerprint density at radius 1 is 1.20 bits per heavy atom. The van der Waals surface area contributed by atoms with Crippen LogP contribution >= 0.6 is 11.8 Å². The Morgan fingerprint density at radius 2 is 1.92 bits per heavy atom. The van der Waals surface area contributed by atoms with Crippen molar-refractivity contribution in [1.82, 2.24) is 4.90 Å². The normalized spacial score (nSPS) is 15.9. The van der Waals surface area contributed by atoms with Crippen LogP contribution in [0.4, 0.5) is 5.69 Å². The number of nitrogens with one attached hydrogen (secondary N) is 1. The summed E-state index contributed by atoms with van der Waals surface area (Å²) in [6, 6.07) is 16.9. The minimum absolute atomic E-state index is 0.370. The number of anilines is 1. The summed E-state index contributed by atoms with van der Waals surface area (Å²) in [5.74, 6) is -0.370. The molecule has 2 aromatic rings. The van der Waals surface area contributed by atoms with E-state index in [4.69, 9.17) is 5.73 Å². The molecule has 132 valence electrons. The topological polar surface area (TPSA) is 58.4 Å². The van der Waals surface area contributed by atoms with Crippen LogP contribution in [-0.2, 0) is 6.54 Å². The lowest BCUT2D eigenvalue weighted by Crippen LogP contribution is -2.38. The van der Waals surface area contributed by atoms with Crippen molar-refractivity contribution in [2.75, 3.05) is 24.7 Å². The molecule has 0 aromatic heterocycles. The SMILES string of the molecule is CSc1cc(NC2CCN(Cc3ccccc3)CC2)ccc1C(N)=O. The molecule has 1 saturated heterocycles. The van der Waals surface area contributed by atoms with Crippen molar-refractivity contribution in [2.24, 2.45) is 5.73 Å². The van der Waals surface area contributed by atoms with E-state index in [0.29, 0.717) is 11.6 Å². The van der Waals surface area contributed by atoms with Crippen molar-refractivity contribution in [3.63, 3.8) is 0 Å². The average Bonchev–Trinajstić information content (AvgIpc) is 2.64. The van der Waals surface area contributed by atoms with Crippen LogP contribution in [0.2, 0.25) is 0 Å². The number of nitrogens with two attached hydrogens (primary N) is 1. The highest BCUT2D eigenvalue weighted by Crippen LogP contribution is 2.26. The first kappa shape index (κ1) is 17.8. The molecule has 1 aliphatic heterocycles. The van der Waals surface area contributed by atoms with Crippen LogP contribution in [0.25, 0.3) is 0 Å². The second-order valence-electron chi connectivity index (χ2n) is 6.46. The number of hydrogen-bond acceptors (Lipinski definition) is 4. The van der Waals surface area contributed by atoms with Gasteiger partial charge in [0.25, 0.3) is 0 Å². The highest BCUT2D eigenvalue weighted by atomic mass is 32.2. The van der Waals surface area contributed by atoms with E-state index in [9.17, 15) is 4.79 Å². The molecule has 5 heteroatoms. The molecule has 0 atom stereocenters. The predicted molar refractivity (Wildman–Crippen MR) is 105 cm³/mol. The standard InChI is InChI=1S/C20H25N3OS/c1-25-19-13-17(7-8-18(19)20(21)24)22-16-9-11-23(12-10-16)14-15-5-3-2-4-6-15/h2-8,13,16,22H,9-12,14H2,1H3,(H2,21,24). The predicted octanol–water partition coefficient (Wildman–Crippen LogP) is 3.58. The molecular weight excluding hydrogens is 330 g/mol. The second kappa shape index (κ2) is 8.41. The van der Waals surface area contributed by atoms with Crippen LogP contribution in [0.3, 0.4) is 0 Å². The molecule has 1 heterocycles. The van der Waals surface area contributed by atoms with Crippen molar-refractivity contribution in [1.29, 1.82) is 0 Å². The minimum atomic E-state index is -0.370. The number of rotatable bonds is 6. The summed E-state index contributed by atoms with van der Waals surface area (Å²) in [5.41, 5.74) is 8.46. The molecule has 0 saturated carbocycles. The Kier molecular flexibility index (Phi) is 6.00. The maximum Gasteiger partial charge on any atom is 0.249 e. The number of piperidine rings is 1. The van der Waals surface area contributed by atoms with Gasteiger partial charge < -0.3 is 11.1 Å². The number of carbonyl (C=O) groups excluding carboxylic acids is 1. The number of nitrogens with zero attached hydrogens (tertiary/aromatic N) is 1. The van der Waals surface area contributed by atoms with Crippen LogP contribution in [0.15, 0.2) is 53.4 Å². The third-order valence-corrected chi connectivity index (χ3v) is 5.45. The molecule has 0 radical (unpaired) electrons. The number of primary amides is 1. The van der Waals surface area contributed by atoms with E-state index < -0.39 is 0 Å². The maximum absolute atomic E-state index is 11.5. The number of amides is 1. The first-order valence-electron chi connectivity index (χ1n) is 8.66. The molecule has 0 aliphatic carbocycles. The fourth-order valence-electron chi connectivity index (χ4n) is 3.30. The quantitative estimate of drug-likeness (QED) is 0.778. The minimum Gasteiger partial charge on any atom is -0.382 e. The molecule has 3 rings (SSSR count). The second-order valence-corrected chi connectivity index (χ2v) is 7.31. The van der Waals surface area contributed by atoms with Crippen molar-refractivity contribution in [2.45, 2.75) is 30.3 Å². The maximum atomic E-state index is 11.5. The summed E-state index contributed by atoms with van der Waals surface area (Å²) in [6.45, 7) is 3.22. The van der Waals surface area contributed by atoms with Crippen molar-refractivity contribution in [3.05, 3.63) is 59.7 Å². The van der Waals surface area contributed by atoms with E-state index in [0.717, 1.165) is 43.1 Å². The van der Waals surface area contributed by atoms with Gasteiger partial charge >= 0.3 is 0 Å². The number of carbonyl (C=O) groups is 1. The first-order chi connectivity index (χ1) is 12.2. The van der Waals surface area contributed by atoms with Crippen molar-refractivity contribution < 1.29 is 4.79 Å². The molecule has 0 unspecified atom stereocenters. The Labute approximate surface area is 153 Å². The lowest BCUT2D eigenvalue weighted by molar-refractivity contribution is 0.0997. The van der Waals surface area contributed by atoms with Gasteiger partial charge in [0.05, 0.1) is 5.56 Å². The fourth-order valence-corrected chi connectivity index (χ4v) is 3.93. The van der Waals surface area contributed by atoms with Gasteiger partial charge in [0.1, 0.15) is 0 Å². The molecule has 4 nitrogen and oxygen atoms in total. The van der Waals surface area contributed by atoms with Gasteiger partial charge in [-0.15, -0.1) is 11.8 Å². The van der Waals surface area contributed by atoms with Crippen LogP contribution in [0, 0.1) is 0 Å². The van der Waals surface area contributed by atoms with Crippen LogP contribution in [0.5, 0.6) is 0 Å². The van der Waals surface area contributed by atoms with Crippen LogP contribution in [0.1, 0.15) is 28.8 Å². The Bertz CT molecular complexity index is 712. The summed E-state index contributed by atoms with van der Waals surface area (Å²) in [7, 11) is 0. The summed E-state index contributed by atoms with van der Waals surface area (Å²) < 4.78 is 0. The monoisotopic (exact) mass is 355 g/mol. The number of thioether (sulfide) groups is 1. The van der Waals surface area contributed by atoms with E-state index >= 15 is 0 Å². The molecule has 0 bridgehead atoms. The summed E-state index contributed by atoms with van der Waals surface area (Å²) in [6.07, 6.45) is 4.21. The zero-order valence-electron chi connectivity index (χ0n) is 14.6. The van der Waals surface area contributed by atoms with E-state index in [1.54, 1.807) is 11.8 Å². The zero-order valence-corrected chi connectivity index (χ0v) is 15.4. The number of benzene rings is 2. The van der Waals surface area contributed by atoms with Gasteiger partial charge in [0, 0.05) is 36.3 Å². The average molecular weight is 356 g/mol. The summed E-state index contributed by atoms with van der Waals surface area (Å²) in [4.78, 5) is 14.9. The molecule has 1 fully saturated rings. The fraction of sp³-hybridized carbons (Fsp3) is 0.350. The summed E-state index contributed by atoms with van der Waals surface area (Å²) >= 11 is 1.55. The van der Waals surface area contributed by atoms with E-state index in [2.05, 4.69) is 40.5 Å². The molecule has 2 aromatic carbocycles. The first-order valence-corrected chi connectivity index (χ1v) is 9.89. The van der Waals surface area contributed by atoms with Gasteiger partial charge in [0.2, 0.25) is 5.91 Å². The number of likely N-dealkylation sites (tertiary alicyclic amines) is 1. The largest absolute Gasteiger partial charge is 0.382 e. The van der Waals surface area contributed by atoms with Crippen LogP contribution in [-0.4, -0.2) is 36.2 Å². The highest BCUT2D eigenvalue weighted by molar-refractivity contribution is 7.98. The third kappa shape index (κ3) is 4.77. The van der Waals surface area contributed by atoms with Gasteiger partial charge in [0.15, 0.2) is 0 Å². The van der Waals surface area contributed by atoms with E-state index in [1.807, 2.05) is 24.5 Å². The molecule has 1 amide bonds. The van der Waals surface area contributed by atoms with Gasteiger partial charge in [-0.2, -0.15) is 0 Å². The zero-order chi connectivity index (χ0) is 17.6. The third-order valence-electron chi connectivity index (χ3n) is 4.67. The smallest absolute Gasteiger partial charge is 0.249 e. The lowest BCUT2D eigenvalue weighted by atomic mass is 10.0. The van der Waals surface area contributed by atoms with Gasteiger partial charge in [-0.1, -0.05) is 30.3 Å². The number of hydrogen-bond donors (Lipinski definition) is 2. The molecule has 25 heavy (non-hydrogen) atoms. The van der Waals surface area contributed by atoms with Gasteiger partial charge in [-0.25, -0.2) is 0 Å². The Balaban J connectivity index is 1.54. The lowest BCUT2D eigenvalue weighted by Gasteiger charge is -2.33. The molecule has 1 aliphatic rings. The Hall–Kier alpha value is -1.98. The molecule has 3 N–H and O–H groups in total. The summed E-state index contributed by atoms with van der Waals surface area (Å²) in [5, 5.41) is 3.61.